The van der Waals surface area contributed by atoms with Gasteiger partial charge in [-0.2, -0.15) is 0 Å². The van der Waals surface area contributed by atoms with Gasteiger partial charge in [-0.15, -0.1) is 0 Å². The van der Waals surface area contributed by atoms with E-state index in [-0.39, 0.29) is 5.91 Å². The molecule has 2 N–H and O–H groups in total. The highest BCUT2D eigenvalue weighted by molar-refractivity contribution is 7.81. The third-order valence-electron chi connectivity index (χ3n) is 4.54. The quantitative estimate of drug-likeness (QED) is 0.598. The molecular weight excluding hydrogens is 386 g/mol. The van der Waals surface area contributed by atoms with Gasteiger partial charge in [-0.25, -0.2) is 8.51 Å². The molecule has 7 heteroatoms. The fraction of sp³-hybridized carbons (Fsp3) is 0.182. The molecule has 0 fully saturated rings. The van der Waals surface area contributed by atoms with Gasteiger partial charge in [-0.3, -0.25) is 14.3 Å². The SMILES string of the molecule is Cc1ccc(N(c2cc(C(=O)NCc3ccc(C)nc3)ccc2C)S(=O)O)cc1. The van der Waals surface area contributed by atoms with E-state index in [1.165, 1.54) is 4.31 Å². The Morgan fingerprint density at radius 1 is 1.07 bits per heavy atom. The van der Waals surface area contributed by atoms with E-state index in [1.807, 2.05) is 45.0 Å². The number of carbonyl (C=O) groups is 1. The Balaban J connectivity index is 1.85. The van der Waals surface area contributed by atoms with Crippen LogP contribution in [0.25, 0.3) is 0 Å². The van der Waals surface area contributed by atoms with Crippen molar-refractivity contribution in [1.29, 1.82) is 0 Å². The third-order valence-corrected chi connectivity index (χ3v) is 5.26. The first-order chi connectivity index (χ1) is 13.8. The van der Waals surface area contributed by atoms with Gasteiger partial charge >= 0.3 is 0 Å². The van der Waals surface area contributed by atoms with Gasteiger partial charge in [-0.05, 0) is 62.2 Å². The van der Waals surface area contributed by atoms with Crippen LogP contribution in [0.1, 0.15) is 32.7 Å². The first-order valence-electron chi connectivity index (χ1n) is 9.13. The van der Waals surface area contributed by atoms with Gasteiger partial charge in [0.15, 0.2) is 0 Å². The summed E-state index contributed by atoms with van der Waals surface area (Å²) in [5.41, 5.74) is 5.13. The molecule has 2 aromatic carbocycles. The number of nitrogens with zero attached hydrogens (tertiary/aromatic N) is 2. The topological polar surface area (TPSA) is 82.5 Å². The molecule has 0 saturated carbocycles. The van der Waals surface area contributed by atoms with Crippen LogP contribution in [0.2, 0.25) is 0 Å². The minimum absolute atomic E-state index is 0.264. The summed E-state index contributed by atoms with van der Waals surface area (Å²) in [6.07, 6.45) is 1.73. The van der Waals surface area contributed by atoms with Gasteiger partial charge in [0.05, 0.1) is 11.4 Å². The van der Waals surface area contributed by atoms with Crippen LogP contribution in [-0.2, 0) is 17.8 Å². The van der Waals surface area contributed by atoms with E-state index < -0.39 is 11.3 Å². The summed E-state index contributed by atoms with van der Waals surface area (Å²) in [6.45, 7) is 6.04. The summed E-state index contributed by atoms with van der Waals surface area (Å²) in [6, 6.07) is 16.2. The lowest BCUT2D eigenvalue weighted by atomic mass is 10.1. The average Bonchev–Trinajstić information content (AvgIpc) is 2.70. The van der Waals surface area contributed by atoms with Crippen LogP contribution in [0.15, 0.2) is 60.8 Å². The smallest absolute Gasteiger partial charge is 0.266 e. The average molecular weight is 410 g/mol. The molecule has 0 spiro atoms. The van der Waals surface area contributed by atoms with Gasteiger partial charge in [0.25, 0.3) is 17.2 Å². The van der Waals surface area contributed by atoms with Crippen molar-refractivity contribution in [2.45, 2.75) is 27.3 Å². The molecule has 150 valence electrons. The number of aromatic nitrogens is 1. The van der Waals surface area contributed by atoms with Crippen molar-refractivity contribution in [3.8, 4) is 0 Å². The maximum Gasteiger partial charge on any atom is 0.266 e. The van der Waals surface area contributed by atoms with E-state index in [1.54, 1.807) is 36.5 Å². The molecule has 0 aliphatic rings. The van der Waals surface area contributed by atoms with Gasteiger partial charge in [0.2, 0.25) is 0 Å². The molecule has 29 heavy (non-hydrogen) atoms. The number of hydrogen-bond donors (Lipinski definition) is 2. The van der Waals surface area contributed by atoms with E-state index in [0.717, 1.165) is 22.4 Å². The summed E-state index contributed by atoms with van der Waals surface area (Å²) in [5.74, 6) is -0.264. The molecule has 1 unspecified atom stereocenters. The lowest BCUT2D eigenvalue weighted by molar-refractivity contribution is 0.0951. The van der Waals surface area contributed by atoms with E-state index in [4.69, 9.17) is 0 Å². The molecule has 0 radical (unpaired) electrons. The molecule has 1 amide bonds. The van der Waals surface area contributed by atoms with Crippen molar-refractivity contribution in [2.75, 3.05) is 4.31 Å². The lowest BCUT2D eigenvalue weighted by Crippen LogP contribution is -2.24. The summed E-state index contributed by atoms with van der Waals surface area (Å²) in [4.78, 5) is 16.9. The predicted molar refractivity (Wildman–Crippen MR) is 115 cm³/mol. The normalized spacial score (nSPS) is 11.7. The first-order valence-corrected chi connectivity index (χ1v) is 10.2. The third kappa shape index (κ3) is 5.07. The van der Waals surface area contributed by atoms with Crippen molar-refractivity contribution in [2.24, 2.45) is 0 Å². The van der Waals surface area contributed by atoms with Gasteiger partial charge in [-0.1, -0.05) is 29.8 Å². The number of anilines is 2. The Hall–Kier alpha value is -3.03. The molecule has 0 bridgehead atoms. The number of benzene rings is 2. The summed E-state index contributed by atoms with van der Waals surface area (Å²) < 4.78 is 23.3. The van der Waals surface area contributed by atoms with Crippen LogP contribution in [0, 0.1) is 20.8 Å². The van der Waals surface area contributed by atoms with E-state index in [0.29, 0.717) is 23.5 Å². The minimum Gasteiger partial charge on any atom is -0.348 e. The summed E-state index contributed by atoms with van der Waals surface area (Å²) in [7, 11) is 0. The molecule has 1 heterocycles. The largest absolute Gasteiger partial charge is 0.348 e. The van der Waals surface area contributed by atoms with Crippen molar-refractivity contribution in [3.63, 3.8) is 0 Å². The molecular formula is C22H23N3O3S. The molecule has 3 aromatic rings. The Morgan fingerprint density at radius 3 is 2.41 bits per heavy atom. The van der Waals surface area contributed by atoms with Crippen molar-refractivity contribution in [3.05, 3.63) is 88.7 Å². The number of amides is 1. The maximum atomic E-state index is 12.6. The molecule has 1 aromatic heterocycles. The van der Waals surface area contributed by atoms with E-state index >= 15 is 0 Å². The molecule has 0 aliphatic heterocycles. The number of pyridine rings is 1. The van der Waals surface area contributed by atoms with E-state index in [9.17, 15) is 13.6 Å². The zero-order chi connectivity index (χ0) is 21.0. The first kappa shape index (κ1) is 20.7. The Kier molecular flexibility index (Phi) is 6.41. The maximum absolute atomic E-state index is 12.6. The zero-order valence-electron chi connectivity index (χ0n) is 16.5. The predicted octanol–water partition coefficient (Wildman–Crippen LogP) is 4.21. The number of carbonyl (C=O) groups excluding carboxylic acids is 1. The van der Waals surface area contributed by atoms with Crippen LogP contribution >= 0.6 is 0 Å². The fourth-order valence-electron chi connectivity index (χ4n) is 2.85. The van der Waals surface area contributed by atoms with Gasteiger partial charge in [0.1, 0.15) is 0 Å². The monoisotopic (exact) mass is 409 g/mol. The van der Waals surface area contributed by atoms with Crippen molar-refractivity contribution in [1.82, 2.24) is 10.3 Å². The zero-order valence-corrected chi connectivity index (χ0v) is 17.4. The van der Waals surface area contributed by atoms with Crippen molar-refractivity contribution < 1.29 is 13.6 Å². The number of rotatable bonds is 6. The summed E-state index contributed by atoms with van der Waals surface area (Å²) in [5, 5.41) is 2.86. The standard InChI is InChI=1S/C22H23N3O3S/c1-15-4-10-20(11-5-15)25(29(27)28)21-12-19(9-6-16(21)2)22(26)24-14-18-8-7-17(3)23-13-18/h4-13H,14H2,1-3H3,(H,24,26)(H,27,28). The highest BCUT2D eigenvalue weighted by Crippen LogP contribution is 2.30. The minimum atomic E-state index is -2.29. The van der Waals surface area contributed by atoms with Crippen LogP contribution in [0.4, 0.5) is 11.4 Å². The second-order valence-corrected chi connectivity index (χ2v) is 7.68. The second-order valence-electron chi connectivity index (χ2n) is 6.85. The molecule has 1 atom stereocenters. The van der Waals surface area contributed by atoms with E-state index in [2.05, 4.69) is 10.3 Å². The van der Waals surface area contributed by atoms with Crippen LogP contribution < -0.4 is 9.62 Å². The molecule has 0 aliphatic carbocycles. The molecule has 0 saturated heterocycles. The highest BCUT2D eigenvalue weighted by Gasteiger charge is 2.19. The number of aryl methyl sites for hydroxylation is 3. The number of hydrogen-bond acceptors (Lipinski definition) is 3. The van der Waals surface area contributed by atoms with Crippen LogP contribution in [0.5, 0.6) is 0 Å². The van der Waals surface area contributed by atoms with Crippen LogP contribution in [-0.4, -0.2) is 19.7 Å². The van der Waals surface area contributed by atoms with Gasteiger partial charge < -0.3 is 5.32 Å². The highest BCUT2D eigenvalue weighted by atomic mass is 32.2. The van der Waals surface area contributed by atoms with Crippen LogP contribution in [0.3, 0.4) is 0 Å². The second kappa shape index (κ2) is 8.98. The van der Waals surface area contributed by atoms with Gasteiger partial charge in [0, 0.05) is 24.0 Å². The molecule has 3 rings (SSSR count). The molecule has 6 nitrogen and oxygen atoms in total. The Bertz CT molecular complexity index is 1030. The fourth-order valence-corrected chi connectivity index (χ4v) is 3.52. The number of nitrogens with one attached hydrogen (secondary N) is 1. The van der Waals surface area contributed by atoms with Crippen molar-refractivity contribution >= 4 is 28.5 Å². The Labute approximate surface area is 173 Å². The summed E-state index contributed by atoms with van der Waals surface area (Å²) >= 11 is -2.29. The lowest BCUT2D eigenvalue weighted by Gasteiger charge is -2.23. The Morgan fingerprint density at radius 2 is 1.79 bits per heavy atom.